The summed E-state index contributed by atoms with van der Waals surface area (Å²) in [6.45, 7) is 9.52. The zero-order chi connectivity index (χ0) is 18.1. The van der Waals surface area contributed by atoms with Crippen molar-refractivity contribution in [2.75, 3.05) is 6.61 Å². The van der Waals surface area contributed by atoms with Crippen molar-refractivity contribution < 1.29 is 9.47 Å². The van der Waals surface area contributed by atoms with Crippen molar-refractivity contribution in [3.05, 3.63) is 54.5 Å². The van der Waals surface area contributed by atoms with Gasteiger partial charge in [-0.3, -0.25) is 4.68 Å². The van der Waals surface area contributed by atoms with Gasteiger partial charge >= 0.3 is 0 Å². The zero-order valence-electron chi connectivity index (χ0n) is 14.9. The summed E-state index contributed by atoms with van der Waals surface area (Å²) >= 11 is 0. The van der Waals surface area contributed by atoms with Crippen LogP contribution in [0, 0.1) is 13.8 Å². The number of aromatic nitrogens is 5. The molecular formula is C19H21N5O2. The van der Waals surface area contributed by atoms with Crippen LogP contribution in [0.1, 0.15) is 11.4 Å². The van der Waals surface area contributed by atoms with Crippen LogP contribution in [-0.2, 0) is 13.1 Å². The molecule has 4 rings (SSSR count). The zero-order valence-corrected chi connectivity index (χ0v) is 14.9. The van der Waals surface area contributed by atoms with Gasteiger partial charge in [0.15, 0.2) is 17.6 Å². The Balaban J connectivity index is 1.52. The van der Waals surface area contributed by atoms with Gasteiger partial charge in [-0.25, -0.2) is 4.68 Å². The van der Waals surface area contributed by atoms with Gasteiger partial charge in [-0.05, 0) is 26.0 Å². The third kappa shape index (κ3) is 2.96. The molecule has 1 aliphatic rings. The first-order chi connectivity index (χ1) is 12.7. The minimum atomic E-state index is -0.106. The number of allylic oxidation sites excluding steroid dienone is 1. The van der Waals surface area contributed by atoms with Gasteiger partial charge < -0.3 is 9.47 Å². The van der Waals surface area contributed by atoms with Crippen molar-refractivity contribution >= 4 is 0 Å². The first kappa shape index (κ1) is 16.4. The molecule has 2 aromatic heterocycles. The molecular weight excluding hydrogens is 330 g/mol. The molecule has 3 heterocycles. The van der Waals surface area contributed by atoms with E-state index in [1.165, 1.54) is 0 Å². The highest BCUT2D eigenvalue weighted by Gasteiger charge is 2.22. The van der Waals surface area contributed by atoms with E-state index < -0.39 is 0 Å². The SMILES string of the molecule is C=CCn1nc(C)c(-c2cn(CC3COc4ccccc4O3)nn2)c1C. The molecule has 0 spiro atoms. The molecule has 0 fully saturated rings. The summed E-state index contributed by atoms with van der Waals surface area (Å²) in [5, 5.41) is 13.1. The van der Waals surface area contributed by atoms with E-state index in [-0.39, 0.29) is 6.10 Å². The van der Waals surface area contributed by atoms with Crippen LogP contribution in [0.5, 0.6) is 11.5 Å². The van der Waals surface area contributed by atoms with Gasteiger partial charge in [0.2, 0.25) is 0 Å². The average molecular weight is 351 g/mol. The normalized spacial score (nSPS) is 15.8. The monoisotopic (exact) mass is 351 g/mol. The van der Waals surface area contributed by atoms with Gasteiger partial charge in [0.25, 0.3) is 0 Å². The number of fused-ring (bicyclic) bond motifs is 1. The van der Waals surface area contributed by atoms with Crippen LogP contribution in [0.15, 0.2) is 43.1 Å². The molecule has 0 bridgehead atoms. The lowest BCUT2D eigenvalue weighted by molar-refractivity contribution is 0.0755. The topological polar surface area (TPSA) is 67.0 Å². The largest absolute Gasteiger partial charge is 0.486 e. The van der Waals surface area contributed by atoms with Crippen LogP contribution in [0.2, 0.25) is 0 Å². The molecule has 0 radical (unpaired) electrons. The summed E-state index contributed by atoms with van der Waals surface area (Å²) < 4.78 is 15.5. The second kappa shape index (κ2) is 6.67. The van der Waals surface area contributed by atoms with E-state index in [0.717, 1.165) is 34.1 Å². The maximum atomic E-state index is 5.99. The van der Waals surface area contributed by atoms with Gasteiger partial charge in [0, 0.05) is 11.3 Å². The van der Waals surface area contributed by atoms with Crippen molar-refractivity contribution in [2.45, 2.75) is 33.0 Å². The fourth-order valence-corrected chi connectivity index (χ4v) is 3.23. The third-order valence-corrected chi connectivity index (χ3v) is 4.44. The molecule has 1 unspecified atom stereocenters. The molecule has 134 valence electrons. The summed E-state index contributed by atoms with van der Waals surface area (Å²) in [5.41, 5.74) is 3.82. The summed E-state index contributed by atoms with van der Waals surface area (Å²) in [5.74, 6) is 1.55. The molecule has 0 saturated heterocycles. The van der Waals surface area contributed by atoms with Crippen LogP contribution < -0.4 is 9.47 Å². The van der Waals surface area contributed by atoms with E-state index in [4.69, 9.17) is 9.47 Å². The minimum Gasteiger partial charge on any atom is -0.486 e. The molecule has 0 N–H and O–H groups in total. The molecule has 1 aliphatic heterocycles. The summed E-state index contributed by atoms with van der Waals surface area (Å²) in [7, 11) is 0. The molecule has 0 aliphatic carbocycles. The predicted molar refractivity (Wildman–Crippen MR) is 97.3 cm³/mol. The number of hydrogen-bond acceptors (Lipinski definition) is 5. The number of nitrogens with zero attached hydrogens (tertiary/aromatic N) is 5. The highest BCUT2D eigenvalue weighted by molar-refractivity contribution is 5.63. The highest BCUT2D eigenvalue weighted by atomic mass is 16.6. The van der Waals surface area contributed by atoms with Crippen LogP contribution in [0.25, 0.3) is 11.3 Å². The number of ether oxygens (including phenoxy) is 2. The molecule has 26 heavy (non-hydrogen) atoms. The average Bonchev–Trinajstić information content (AvgIpc) is 3.19. The van der Waals surface area contributed by atoms with Crippen LogP contribution in [0.3, 0.4) is 0 Å². The summed E-state index contributed by atoms with van der Waals surface area (Å²) in [4.78, 5) is 0. The van der Waals surface area contributed by atoms with Crippen molar-refractivity contribution in [3.8, 4) is 22.8 Å². The fraction of sp³-hybridized carbons (Fsp3) is 0.316. The Bertz CT molecular complexity index is 943. The Morgan fingerprint density at radius 3 is 2.88 bits per heavy atom. The third-order valence-electron chi connectivity index (χ3n) is 4.44. The molecule has 0 saturated carbocycles. The second-order valence-corrected chi connectivity index (χ2v) is 6.34. The standard InChI is InChI=1S/C19H21N5O2/c1-4-9-24-14(3)19(13(2)21-24)16-11-23(22-20-16)10-15-12-25-17-7-5-6-8-18(17)26-15/h4-8,11,15H,1,9-10,12H2,2-3H3. The quantitative estimate of drug-likeness (QED) is 0.661. The van der Waals surface area contributed by atoms with Crippen LogP contribution in [0.4, 0.5) is 0 Å². The second-order valence-electron chi connectivity index (χ2n) is 6.34. The maximum absolute atomic E-state index is 5.99. The van der Waals surface area contributed by atoms with Crippen LogP contribution >= 0.6 is 0 Å². The van der Waals surface area contributed by atoms with Crippen LogP contribution in [-0.4, -0.2) is 37.5 Å². The number of rotatable bonds is 5. The summed E-state index contributed by atoms with van der Waals surface area (Å²) in [6, 6.07) is 7.69. The molecule has 3 aromatic rings. The number of aryl methyl sites for hydroxylation is 1. The minimum absolute atomic E-state index is 0.106. The lowest BCUT2D eigenvalue weighted by atomic mass is 10.1. The molecule has 0 amide bonds. The van der Waals surface area contributed by atoms with E-state index >= 15 is 0 Å². The highest BCUT2D eigenvalue weighted by Crippen LogP contribution is 2.31. The first-order valence-corrected chi connectivity index (χ1v) is 8.59. The van der Waals surface area contributed by atoms with Gasteiger partial charge in [-0.15, -0.1) is 11.7 Å². The van der Waals surface area contributed by atoms with Crippen molar-refractivity contribution in [1.82, 2.24) is 24.8 Å². The Hall–Kier alpha value is -3.09. The molecule has 1 aromatic carbocycles. The predicted octanol–water partition coefficient (Wildman–Crippen LogP) is 2.78. The Labute approximate surface area is 151 Å². The number of benzene rings is 1. The van der Waals surface area contributed by atoms with Crippen molar-refractivity contribution in [1.29, 1.82) is 0 Å². The van der Waals surface area contributed by atoms with Gasteiger partial charge in [0.1, 0.15) is 12.3 Å². The Morgan fingerprint density at radius 1 is 1.27 bits per heavy atom. The lowest BCUT2D eigenvalue weighted by Gasteiger charge is -2.26. The Kier molecular flexibility index (Phi) is 4.20. The van der Waals surface area contributed by atoms with Crippen molar-refractivity contribution in [2.24, 2.45) is 0 Å². The van der Waals surface area contributed by atoms with E-state index in [9.17, 15) is 0 Å². The van der Waals surface area contributed by atoms with E-state index in [1.54, 1.807) is 4.68 Å². The number of para-hydroxylation sites is 2. The van der Waals surface area contributed by atoms with E-state index in [2.05, 4.69) is 22.0 Å². The first-order valence-electron chi connectivity index (χ1n) is 8.59. The summed E-state index contributed by atoms with van der Waals surface area (Å²) in [6.07, 6.45) is 3.66. The Morgan fingerprint density at radius 2 is 2.08 bits per heavy atom. The van der Waals surface area contributed by atoms with E-state index in [0.29, 0.717) is 19.7 Å². The number of hydrogen-bond donors (Lipinski definition) is 0. The maximum Gasteiger partial charge on any atom is 0.161 e. The van der Waals surface area contributed by atoms with Gasteiger partial charge in [0.05, 0.1) is 25.0 Å². The smallest absolute Gasteiger partial charge is 0.161 e. The van der Waals surface area contributed by atoms with Gasteiger partial charge in [-0.2, -0.15) is 5.10 Å². The van der Waals surface area contributed by atoms with E-state index in [1.807, 2.05) is 55.1 Å². The molecule has 7 heteroatoms. The lowest BCUT2D eigenvalue weighted by Crippen LogP contribution is -2.33. The fourth-order valence-electron chi connectivity index (χ4n) is 3.23. The van der Waals surface area contributed by atoms with Crippen molar-refractivity contribution in [3.63, 3.8) is 0 Å². The van der Waals surface area contributed by atoms with Gasteiger partial charge in [-0.1, -0.05) is 23.4 Å². The molecule has 7 nitrogen and oxygen atoms in total. The molecule has 1 atom stereocenters.